The van der Waals surface area contributed by atoms with E-state index < -0.39 is 24.4 Å². The third-order valence-electron chi connectivity index (χ3n) is 7.87. The van der Waals surface area contributed by atoms with Gasteiger partial charge in [0.2, 0.25) is 0 Å². The third kappa shape index (κ3) is 6.87. The van der Waals surface area contributed by atoms with Crippen LogP contribution in [-0.4, -0.2) is 67.4 Å². The molecule has 1 saturated heterocycles. The molecule has 0 radical (unpaired) electrons. The van der Waals surface area contributed by atoms with E-state index in [1.807, 2.05) is 89.1 Å². The van der Waals surface area contributed by atoms with Crippen molar-refractivity contribution in [3.05, 3.63) is 90.0 Å². The van der Waals surface area contributed by atoms with Crippen LogP contribution in [0.15, 0.2) is 78.9 Å². The first-order valence-corrected chi connectivity index (χ1v) is 14.3. The van der Waals surface area contributed by atoms with E-state index in [0.717, 1.165) is 60.4 Å². The molecule has 0 bridgehead atoms. The number of benzene rings is 3. The zero-order chi connectivity index (χ0) is 29.6. The summed E-state index contributed by atoms with van der Waals surface area (Å²) >= 11 is 0. The summed E-state index contributed by atoms with van der Waals surface area (Å²) in [4.78, 5) is 29.6. The minimum Gasteiger partial charge on any atom is -0.433 e. The molecule has 5 rings (SSSR count). The number of ether oxygens (including phenoxy) is 1. The highest BCUT2D eigenvalue weighted by atomic mass is 19.4. The topological polar surface area (TPSA) is 73.9 Å². The van der Waals surface area contributed by atoms with Gasteiger partial charge in [0.25, 0.3) is 0 Å². The van der Waals surface area contributed by atoms with Crippen molar-refractivity contribution in [3.63, 3.8) is 0 Å². The van der Waals surface area contributed by atoms with Gasteiger partial charge in [-0.1, -0.05) is 66.7 Å². The molecule has 0 aromatic heterocycles. The molecule has 0 saturated carbocycles. The fourth-order valence-corrected chi connectivity index (χ4v) is 5.91. The van der Waals surface area contributed by atoms with Gasteiger partial charge in [-0.3, -0.25) is 0 Å². The Balaban J connectivity index is 1.22. The number of para-hydroxylation sites is 1. The molecule has 0 unspecified atom stereocenters. The van der Waals surface area contributed by atoms with Crippen molar-refractivity contribution in [2.75, 3.05) is 44.6 Å². The van der Waals surface area contributed by atoms with Crippen molar-refractivity contribution >= 4 is 17.8 Å². The Morgan fingerprint density at radius 3 is 2.12 bits per heavy atom. The van der Waals surface area contributed by atoms with Crippen molar-refractivity contribution in [2.24, 2.45) is 0 Å². The number of alkyl carbamates (subject to hydrolysis) is 1. The van der Waals surface area contributed by atoms with Crippen LogP contribution in [0.2, 0.25) is 0 Å². The Kier molecular flexibility index (Phi) is 9.01. The monoisotopic (exact) mass is 580 g/mol. The van der Waals surface area contributed by atoms with Crippen LogP contribution in [0.5, 0.6) is 0 Å². The summed E-state index contributed by atoms with van der Waals surface area (Å²) in [6.07, 6.45) is -2.86. The predicted octanol–water partition coefficient (Wildman–Crippen LogP) is 6.61. The molecule has 42 heavy (non-hydrogen) atoms. The van der Waals surface area contributed by atoms with Crippen LogP contribution in [0, 0.1) is 0 Å². The zero-order valence-corrected chi connectivity index (χ0v) is 23.3. The van der Waals surface area contributed by atoms with Crippen LogP contribution < -0.4 is 10.6 Å². The van der Waals surface area contributed by atoms with Gasteiger partial charge in [0.15, 0.2) is 5.60 Å². The summed E-state index contributed by atoms with van der Waals surface area (Å²) < 4.78 is 44.4. The lowest BCUT2D eigenvalue weighted by Crippen LogP contribution is -2.40. The van der Waals surface area contributed by atoms with Crippen LogP contribution in [0.4, 0.5) is 28.4 Å². The second-order valence-electron chi connectivity index (χ2n) is 10.7. The zero-order valence-electron chi connectivity index (χ0n) is 23.3. The molecule has 2 aliphatic rings. The molecule has 2 N–H and O–H groups in total. The molecule has 3 aromatic carbocycles. The number of halogens is 3. The quantitative estimate of drug-likeness (QED) is 0.294. The van der Waals surface area contributed by atoms with Crippen molar-refractivity contribution in [1.82, 2.24) is 15.1 Å². The largest absolute Gasteiger partial charge is 0.433 e. The fourth-order valence-electron chi connectivity index (χ4n) is 5.91. The molecule has 3 aromatic rings. The van der Waals surface area contributed by atoms with Crippen molar-refractivity contribution in [1.29, 1.82) is 0 Å². The fraction of sp³-hybridized carbons (Fsp3) is 0.375. The average Bonchev–Trinajstić information content (AvgIpc) is 3.09. The molecule has 1 heterocycles. The molecule has 1 aliphatic carbocycles. The van der Waals surface area contributed by atoms with Gasteiger partial charge >= 0.3 is 18.3 Å². The highest BCUT2D eigenvalue weighted by molar-refractivity contribution is 5.89. The van der Waals surface area contributed by atoms with Crippen molar-refractivity contribution in [3.8, 4) is 11.1 Å². The van der Waals surface area contributed by atoms with E-state index in [-0.39, 0.29) is 6.03 Å². The van der Waals surface area contributed by atoms with Gasteiger partial charge in [0.05, 0.1) is 0 Å². The smallest absolute Gasteiger partial charge is 0.408 e. The third-order valence-corrected chi connectivity index (χ3v) is 7.87. The molecule has 222 valence electrons. The molecule has 0 atom stereocenters. The van der Waals surface area contributed by atoms with Gasteiger partial charge in [-0.05, 0) is 62.0 Å². The Labute approximate surface area is 243 Å². The van der Waals surface area contributed by atoms with Crippen molar-refractivity contribution < 1.29 is 27.5 Å². The Morgan fingerprint density at radius 2 is 1.45 bits per heavy atom. The number of nitrogens with zero attached hydrogens (tertiary/aromatic N) is 2. The van der Waals surface area contributed by atoms with Gasteiger partial charge in [0, 0.05) is 36.4 Å². The molecule has 7 nitrogen and oxygen atoms in total. The van der Waals surface area contributed by atoms with Crippen LogP contribution in [0.3, 0.4) is 0 Å². The van der Waals surface area contributed by atoms with Gasteiger partial charge in [0.1, 0.15) is 6.54 Å². The number of fused-ring (bicyclic) bond motifs is 3. The molecule has 1 aliphatic heterocycles. The van der Waals surface area contributed by atoms with Gasteiger partial charge in [-0.15, -0.1) is 0 Å². The van der Waals surface area contributed by atoms with Crippen LogP contribution in [0.25, 0.3) is 11.1 Å². The number of carbonyl (C=O) groups excluding carboxylic acids is 2. The lowest BCUT2D eigenvalue weighted by molar-refractivity contribution is -0.124. The maximum absolute atomic E-state index is 12.8. The summed E-state index contributed by atoms with van der Waals surface area (Å²) in [6.45, 7) is 2.24. The standard InChI is InChI=1S/C32H35F3N4O3/c33-32(34,35)23-36-30(41)42-31(27-15-6-4-13-25(27)26-14-5-7-16-28(26)31)17-8-9-18-38-19-10-20-39(22-21-38)29(40)37-24-11-2-1-3-12-24/h1-7,11-16H,8-10,17-23H2,(H,36,41)(H,37,40). The summed E-state index contributed by atoms with van der Waals surface area (Å²) in [5.74, 6) is 0. The molecule has 10 heteroatoms. The number of amides is 3. The number of alkyl halides is 3. The highest BCUT2D eigenvalue weighted by Crippen LogP contribution is 2.52. The van der Waals surface area contributed by atoms with E-state index in [4.69, 9.17) is 4.74 Å². The first-order valence-electron chi connectivity index (χ1n) is 14.3. The number of hydrogen-bond acceptors (Lipinski definition) is 4. The maximum atomic E-state index is 12.8. The van der Waals surface area contributed by atoms with Gasteiger partial charge in [-0.2, -0.15) is 13.2 Å². The van der Waals surface area contributed by atoms with E-state index in [1.165, 1.54) is 0 Å². The van der Waals surface area contributed by atoms with E-state index in [9.17, 15) is 22.8 Å². The summed E-state index contributed by atoms with van der Waals surface area (Å²) in [6, 6.07) is 24.5. The van der Waals surface area contributed by atoms with Crippen LogP contribution >= 0.6 is 0 Å². The number of urea groups is 1. The van der Waals surface area contributed by atoms with E-state index in [1.54, 1.807) is 0 Å². The number of unbranched alkanes of at least 4 members (excludes halogenated alkanes) is 1. The minimum absolute atomic E-state index is 0.107. The highest BCUT2D eigenvalue weighted by Gasteiger charge is 2.46. The molecular weight excluding hydrogens is 545 g/mol. The average molecular weight is 581 g/mol. The van der Waals surface area contributed by atoms with E-state index >= 15 is 0 Å². The second kappa shape index (κ2) is 12.9. The number of anilines is 1. The first kappa shape index (κ1) is 29.4. The second-order valence-corrected chi connectivity index (χ2v) is 10.7. The Hall–Kier alpha value is -4.05. The lowest BCUT2D eigenvalue weighted by Gasteiger charge is -2.32. The molecule has 0 spiro atoms. The summed E-state index contributed by atoms with van der Waals surface area (Å²) in [5.41, 5.74) is 2.97. The van der Waals surface area contributed by atoms with E-state index in [2.05, 4.69) is 10.2 Å². The first-order chi connectivity index (χ1) is 20.2. The normalized spacial score (nSPS) is 16.2. The number of carbonyl (C=O) groups is 2. The predicted molar refractivity (Wildman–Crippen MR) is 155 cm³/mol. The van der Waals surface area contributed by atoms with Gasteiger partial charge in [-0.25, -0.2) is 9.59 Å². The minimum atomic E-state index is -4.54. The van der Waals surface area contributed by atoms with E-state index in [0.29, 0.717) is 25.9 Å². The molecular formula is C32H35F3N4O3. The maximum Gasteiger partial charge on any atom is 0.408 e. The summed E-state index contributed by atoms with van der Waals surface area (Å²) in [5, 5.41) is 4.83. The van der Waals surface area contributed by atoms with Crippen LogP contribution in [-0.2, 0) is 10.3 Å². The number of rotatable bonds is 8. The van der Waals surface area contributed by atoms with Crippen molar-refractivity contribution in [2.45, 2.75) is 37.5 Å². The van der Waals surface area contributed by atoms with Crippen LogP contribution in [0.1, 0.15) is 36.8 Å². The lowest BCUT2D eigenvalue weighted by atomic mass is 9.86. The SMILES string of the molecule is O=C(NCC(F)(F)F)OC1(CCCCN2CCCN(C(=O)Nc3ccccc3)CC2)c2ccccc2-c2ccccc21. The summed E-state index contributed by atoms with van der Waals surface area (Å²) in [7, 11) is 0. The molecule has 3 amide bonds. The Bertz CT molecular complexity index is 1340. The number of nitrogens with one attached hydrogen (secondary N) is 2. The van der Waals surface area contributed by atoms with Gasteiger partial charge < -0.3 is 25.2 Å². The Morgan fingerprint density at radius 1 is 0.810 bits per heavy atom. The number of hydrogen-bond donors (Lipinski definition) is 2. The molecule has 1 fully saturated rings.